The normalized spacial score (nSPS) is 11.4. The molecule has 162 valence electrons. The van der Waals surface area contributed by atoms with Crippen LogP contribution in [0.15, 0.2) is 70.4 Å². The molecule has 0 aliphatic carbocycles. The lowest BCUT2D eigenvalue weighted by molar-refractivity contribution is -0.117. The summed E-state index contributed by atoms with van der Waals surface area (Å²) in [5, 5.41) is 6.90. The van der Waals surface area contributed by atoms with Crippen LogP contribution >= 0.6 is 0 Å². The zero-order valence-corrected chi connectivity index (χ0v) is 18.1. The maximum absolute atomic E-state index is 12.4. The number of anilines is 1. The van der Waals surface area contributed by atoms with E-state index in [-0.39, 0.29) is 11.4 Å². The highest BCUT2D eigenvalue weighted by atomic mass is 32.2. The molecule has 1 N–H and O–H groups in total. The van der Waals surface area contributed by atoms with Crippen molar-refractivity contribution in [2.75, 3.05) is 26.5 Å². The third kappa shape index (κ3) is 5.16. The second-order valence-corrected chi connectivity index (χ2v) is 8.95. The molecule has 1 heterocycles. The van der Waals surface area contributed by atoms with Crippen LogP contribution in [0.1, 0.15) is 0 Å². The van der Waals surface area contributed by atoms with Gasteiger partial charge in [-0.15, -0.1) is 0 Å². The fourth-order valence-corrected chi connectivity index (χ4v) is 3.64. The lowest BCUT2D eigenvalue weighted by atomic mass is 10.1. The van der Waals surface area contributed by atoms with Crippen molar-refractivity contribution in [3.8, 4) is 17.0 Å². The van der Waals surface area contributed by atoms with E-state index in [1.165, 1.54) is 44.4 Å². The van der Waals surface area contributed by atoms with Crippen molar-refractivity contribution < 1.29 is 17.9 Å². The Morgan fingerprint density at radius 2 is 1.68 bits per heavy atom. The van der Waals surface area contributed by atoms with Gasteiger partial charge < -0.3 is 10.1 Å². The number of carbonyl (C=O) groups excluding carboxylic acids is 1. The maximum Gasteiger partial charge on any atom is 0.267 e. The molecule has 3 rings (SSSR count). The predicted molar refractivity (Wildman–Crippen MR) is 116 cm³/mol. The number of methoxy groups -OCH3 is 1. The maximum atomic E-state index is 12.4. The molecule has 0 saturated heterocycles. The van der Waals surface area contributed by atoms with Gasteiger partial charge in [0.15, 0.2) is 0 Å². The number of nitrogens with zero attached hydrogens (tertiary/aromatic N) is 3. The Bertz CT molecular complexity index is 1230. The van der Waals surface area contributed by atoms with Crippen LogP contribution in [0, 0.1) is 0 Å². The molecule has 31 heavy (non-hydrogen) atoms. The number of carbonyl (C=O) groups is 1. The molecule has 3 aromatic rings. The molecule has 0 spiro atoms. The molecule has 0 aliphatic heterocycles. The summed E-state index contributed by atoms with van der Waals surface area (Å²) in [5.74, 6) is 0.227. The van der Waals surface area contributed by atoms with Crippen LogP contribution in [-0.2, 0) is 21.4 Å². The van der Waals surface area contributed by atoms with Crippen LogP contribution in [0.5, 0.6) is 5.75 Å². The molecule has 0 atom stereocenters. The number of benzene rings is 2. The highest BCUT2D eigenvalue weighted by Gasteiger charge is 2.17. The first-order valence-corrected chi connectivity index (χ1v) is 10.7. The van der Waals surface area contributed by atoms with Crippen molar-refractivity contribution in [2.24, 2.45) is 0 Å². The Balaban J connectivity index is 1.73. The van der Waals surface area contributed by atoms with Crippen molar-refractivity contribution in [2.45, 2.75) is 11.4 Å². The Hall–Kier alpha value is -3.50. The molecule has 2 aromatic carbocycles. The quantitative estimate of drug-likeness (QED) is 0.598. The lowest BCUT2D eigenvalue weighted by Crippen LogP contribution is -2.29. The van der Waals surface area contributed by atoms with Crippen LogP contribution < -0.4 is 15.6 Å². The summed E-state index contributed by atoms with van der Waals surface area (Å²) in [6.45, 7) is -0.291. The minimum absolute atomic E-state index is 0.112. The van der Waals surface area contributed by atoms with Crippen LogP contribution in [0.3, 0.4) is 0 Å². The Labute approximate surface area is 179 Å². The molecule has 1 amide bonds. The number of rotatable bonds is 7. The van der Waals surface area contributed by atoms with Gasteiger partial charge in [-0.1, -0.05) is 0 Å². The molecular formula is C21H22N4O5S. The van der Waals surface area contributed by atoms with Crippen LogP contribution in [-0.4, -0.2) is 49.6 Å². The van der Waals surface area contributed by atoms with Crippen molar-refractivity contribution in [1.29, 1.82) is 0 Å². The highest BCUT2D eigenvalue weighted by molar-refractivity contribution is 7.89. The molecule has 0 bridgehead atoms. The number of hydrogen-bond donors (Lipinski definition) is 1. The number of aromatic nitrogens is 2. The Morgan fingerprint density at radius 1 is 1.03 bits per heavy atom. The van der Waals surface area contributed by atoms with Gasteiger partial charge in [-0.25, -0.2) is 17.4 Å². The topological polar surface area (TPSA) is 111 Å². The molecule has 0 aliphatic rings. The SMILES string of the molecule is COc1ccc(-c2ccc(=O)n(CC(=O)Nc3ccc(S(=O)(=O)N(C)C)cc3)n2)cc1. The van der Waals surface area contributed by atoms with Gasteiger partial charge in [-0.3, -0.25) is 9.59 Å². The molecule has 0 unspecified atom stereocenters. The van der Waals surface area contributed by atoms with Gasteiger partial charge in [0.1, 0.15) is 12.3 Å². The first kappa shape index (κ1) is 22.2. The highest BCUT2D eigenvalue weighted by Crippen LogP contribution is 2.20. The second kappa shape index (κ2) is 9.11. The third-order valence-electron chi connectivity index (χ3n) is 4.46. The minimum Gasteiger partial charge on any atom is -0.497 e. The standard InChI is InChI=1S/C21H22N4O5S/c1-24(2)31(28,29)18-10-6-16(7-11-18)22-20(26)14-25-21(27)13-12-19(23-25)15-4-8-17(30-3)9-5-15/h4-13H,14H2,1-3H3,(H,22,26). The van der Waals surface area contributed by atoms with Crippen LogP contribution in [0.2, 0.25) is 0 Å². The van der Waals surface area contributed by atoms with Gasteiger partial charge in [-0.2, -0.15) is 5.10 Å². The predicted octanol–water partition coefficient (Wildman–Crippen LogP) is 1.81. The zero-order valence-electron chi connectivity index (χ0n) is 17.3. The van der Waals surface area contributed by atoms with Crippen molar-refractivity contribution in [3.63, 3.8) is 0 Å². The van der Waals surface area contributed by atoms with E-state index in [1.54, 1.807) is 37.4 Å². The summed E-state index contributed by atoms with van der Waals surface area (Å²) in [5.41, 5.74) is 1.29. The minimum atomic E-state index is -3.55. The largest absolute Gasteiger partial charge is 0.497 e. The average molecular weight is 442 g/mol. The third-order valence-corrected chi connectivity index (χ3v) is 6.29. The van der Waals surface area contributed by atoms with E-state index in [4.69, 9.17) is 4.74 Å². The van der Waals surface area contributed by atoms with Crippen LogP contribution in [0.25, 0.3) is 11.3 Å². The average Bonchev–Trinajstić information content (AvgIpc) is 2.75. The van der Waals surface area contributed by atoms with Gasteiger partial charge in [-0.05, 0) is 54.6 Å². The fourth-order valence-electron chi connectivity index (χ4n) is 2.74. The second-order valence-electron chi connectivity index (χ2n) is 6.80. The Morgan fingerprint density at radius 3 is 2.26 bits per heavy atom. The summed E-state index contributed by atoms with van der Waals surface area (Å²) >= 11 is 0. The number of amides is 1. The summed E-state index contributed by atoms with van der Waals surface area (Å²) < 4.78 is 31.5. The van der Waals surface area contributed by atoms with Gasteiger partial charge in [0, 0.05) is 31.4 Å². The van der Waals surface area contributed by atoms with Gasteiger partial charge >= 0.3 is 0 Å². The molecule has 1 aromatic heterocycles. The number of ether oxygens (including phenoxy) is 1. The van der Waals surface area contributed by atoms with Crippen molar-refractivity contribution in [1.82, 2.24) is 14.1 Å². The summed E-state index contributed by atoms with van der Waals surface area (Å²) in [6.07, 6.45) is 0. The first-order chi connectivity index (χ1) is 14.7. The number of hydrogen-bond acceptors (Lipinski definition) is 6. The van der Waals surface area contributed by atoms with E-state index in [9.17, 15) is 18.0 Å². The molecule has 0 fully saturated rings. The first-order valence-electron chi connectivity index (χ1n) is 9.26. The van der Waals surface area contributed by atoms with E-state index in [0.29, 0.717) is 17.1 Å². The molecule has 0 radical (unpaired) electrons. The smallest absolute Gasteiger partial charge is 0.267 e. The van der Waals surface area contributed by atoms with E-state index in [0.717, 1.165) is 14.6 Å². The van der Waals surface area contributed by atoms with Gasteiger partial charge in [0.25, 0.3) is 5.56 Å². The van der Waals surface area contributed by atoms with E-state index < -0.39 is 21.5 Å². The molecule has 10 heteroatoms. The van der Waals surface area contributed by atoms with E-state index in [1.807, 2.05) is 0 Å². The van der Waals surface area contributed by atoms with Crippen molar-refractivity contribution in [3.05, 3.63) is 71.0 Å². The summed E-state index contributed by atoms with van der Waals surface area (Å²) in [7, 11) is 0.896. The molecule has 9 nitrogen and oxygen atoms in total. The monoisotopic (exact) mass is 442 g/mol. The zero-order chi connectivity index (χ0) is 22.6. The number of sulfonamides is 1. The Kier molecular flexibility index (Phi) is 6.52. The lowest BCUT2D eigenvalue weighted by Gasteiger charge is -2.12. The molecule has 0 saturated carbocycles. The van der Waals surface area contributed by atoms with Gasteiger partial charge in [0.2, 0.25) is 15.9 Å². The van der Waals surface area contributed by atoms with E-state index in [2.05, 4.69) is 10.4 Å². The van der Waals surface area contributed by atoms with E-state index >= 15 is 0 Å². The number of nitrogens with one attached hydrogen (secondary N) is 1. The summed E-state index contributed by atoms with van der Waals surface area (Å²) in [4.78, 5) is 24.7. The molecular weight excluding hydrogens is 420 g/mol. The van der Waals surface area contributed by atoms with Gasteiger partial charge in [0.05, 0.1) is 17.7 Å². The van der Waals surface area contributed by atoms with Crippen molar-refractivity contribution >= 4 is 21.6 Å². The van der Waals surface area contributed by atoms with Crippen LogP contribution in [0.4, 0.5) is 5.69 Å². The summed E-state index contributed by atoms with van der Waals surface area (Å²) in [6, 6.07) is 15.9. The fraction of sp³-hybridized carbons (Fsp3) is 0.190.